The molecule has 4 aromatic carbocycles. The van der Waals surface area contributed by atoms with Crippen LogP contribution in [-0.4, -0.2) is 85.6 Å². The lowest BCUT2D eigenvalue weighted by molar-refractivity contribution is -0.140. The third-order valence-corrected chi connectivity index (χ3v) is 13.6. The number of amides is 2. The van der Waals surface area contributed by atoms with E-state index < -0.39 is 61.1 Å². The Morgan fingerprint density at radius 3 is 1.53 bits per heavy atom. The topological polar surface area (TPSA) is 161 Å². The molecule has 2 amide bonds. The number of pyridine rings is 2. The number of aliphatic hydroxyl groups is 2. The number of aromatic nitrogens is 2. The van der Waals surface area contributed by atoms with Crippen molar-refractivity contribution in [2.75, 3.05) is 37.1 Å². The summed E-state index contributed by atoms with van der Waals surface area (Å²) in [6.07, 6.45) is 3.23. The molecule has 0 spiro atoms. The zero-order chi connectivity index (χ0) is 56.2. The monoisotopic (exact) mass is 1110 g/mol. The number of ether oxygens (including phenoxy) is 2. The van der Waals surface area contributed by atoms with E-state index in [-0.39, 0.29) is 56.9 Å². The van der Waals surface area contributed by atoms with Crippen molar-refractivity contribution in [3.8, 4) is 11.1 Å². The minimum atomic E-state index is -2.37. The number of carbonyl (C=O) groups is 2. The molecule has 3 fully saturated rings. The maximum atomic E-state index is 15.1. The molecule has 21 heteroatoms. The summed E-state index contributed by atoms with van der Waals surface area (Å²) in [6.45, 7) is 11.6. The number of hydrogen-bond donors (Lipinski definition) is 4. The molecule has 3 saturated heterocycles. The van der Waals surface area contributed by atoms with Crippen LogP contribution in [0, 0.1) is 37.1 Å². The Kier molecular flexibility index (Phi) is 19.3. The number of aryl methyl sites for hydroxylation is 2. The van der Waals surface area contributed by atoms with E-state index >= 15 is 8.78 Å². The second-order valence-electron chi connectivity index (χ2n) is 18.4. The lowest BCUT2D eigenvalue weighted by Gasteiger charge is -2.40. The molecule has 0 bridgehead atoms. The van der Waals surface area contributed by atoms with E-state index in [1.54, 1.807) is 43.5 Å². The Bertz CT molecular complexity index is 2930. The maximum Gasteiger partial charge on any atom is 0.497 e. The van der Waals surface area contributed by atoms with E-state index in [9.17, 15) is 27.7 Å². The molecular formula is C53H57B2BrF5N4O8P. The van der Waals surface area contributed by atoms with Crippen molar-refractivity contribution in [3.63, 3.8) is 0 Å². The Morgan fingerprint density at radius 2 is 1.14 bits per heavy atom. The van der Waals surface area contributed by atoms with Crippen LogP contribution in [0.1, 0.15) is 70.1 Å². The third kappa shape index (κ3) is 13.5. The van der Waals surface area contributed by atoms with Gasteiger partial charge < -0.3 is 39.6 Å². The van der Waals surface area contributed by atoms with Gasteiger partial charge in [-0.1, -0.05) is 31.7 Å². The number of nitrogens with zero attached hydrogens (tertiary/aromatic N) is 2. The van der Waals surface area contributed by atoms with Crippen molar-refractivity contribution in [1.29, 1.82) is 1.28 Å². The molecule has 0 saturated carbocycles. The summed E-state index contributed by atoms with van der Waals surface area (Å²) in [5.41, 5.74) is 2.88. The van der Waals surface area contributed by atoms with Gasteiger partial charge in [-0.15, -0.1) is 0 Å². The quantitative estimate of drug-likeness (QED) is 0.0591. The smallest absolute Gasteiger partial charge is 0.399 e. The molecule has 1 unspecified atom stereocenters. The molecule has 5 heterocycles. The molecule has 4 N–H and O–H groups in total. The second-order valence-corrected chi connectivity index (χ2v) is 19.5. The first-order valence-corrected chi connectivity index (χ1v) is 24.3. The number of benzene rings is 4. The van der Waals surface area contributed by atoms with Crippen LogP contribution in [0.4, 0.5) is 33.1 Å². The Morgan fingerprint density at radius 1 is 0.716 bits per heavy atom. The Hall–Kier alpha value is -5.43. The van der Waals surface area contributed by atoms with Crippen molar-refractivity contribution in [2.45, 2.75) is 84.2 Å². The summed E-state index contributed by atoms with van der Waals surface area (Å²) < 4.78 is 102. The molecule has 12 nitrogen and oxygen atoms in total. The van der Waals surface area contributed by atoms with Crippen LogP contribution in [0.25, 0.3) is 11.1 Å². The number of hydrogen-bond acceptors (Lipinski definition) is 10. The van der Waals surface area contributed by atoms with Crippen LogP contribution in [0.2, 0.25) is 0 Å². The van der Waals surface area contributed by atoms with Crippen LogP contribution < -0.4 is 16.1 Å². The summed E-state index contributed by atoms with van der Waals surface area (Å²) in [6, 6.07) is 23.7. The highest BCUT2D eigenvalue weighted by molar-refractivity contribution is 9.10. The van der Waals surface area contributed by atoms with Crippen molar-refractivity contribution < 1.29 is 61.7 Å². The number of carbonyl (C=O) groups excluding carboxylic acids is 2. The molecule has 2 radical (unpaired) electrons. The van der Waals surface area contributed by atoms with Gasteiger partial charge >= 0.3 is 7.12 Å². The number of rotatable bonds is 10. The van der Waals surface area contributed by atoms with Gasteiger partial charge in [-0.25, -0.2) is 21.8 Å². The average Bonchev–Trinajstić information content (AvgIpc) is 3.56. The molecule has 3 aliphatic heterocycles. The van der Waals surface area contributed by atoms with E-state index in [1.165, 1.54) is 74.3 Å². The lowest BCUT2D eigenvalue weighted by Crippen LogP contribution is -2.55. The molecule has 2 aromatic heterocycles. The minimum Gasteiger partial charge on any atom is -0.399 e. The van der Waals surface area contributed by atoms with Crippen molar-refractivity contribution >= 4 is 68.0 Å². The molecular weight excluding hydrogens is 1050 g/mol. The minimum absolute atomic E-state index is 0.0595. The van der Waals surface area contributed by atoms with E-state index in [0.29, 0.717) is 39.2 Å². The van der Waals surface area contributed by atoms with Gasteiger partial charge in [0.25, 0.3) is 0 Å². The van der Waals surface area contributed by atoms with Crippen LogP contribution in [0.3, 0.4) is 0 Å². The van der Waals surface area contributed by atoms with Crippen LogP contribution in [0.15, 0.2) is 114 Å². The number of anilines is 2. The lowest BCUT2D eigenvalue weighted by atomic mass is 9.73. The predicted octanol–water partition coefficient (Wildman–Crippen LogP) is 9.82. The molecule has 9 rings (SSSR count). The van der Waals surface area contributed by atoms with Gasteiger partial charge in [-0.3, -0.25) is 19.6 Å². The first-order chi connectivity index (χ1) is 35.9. The molecule has 3 aliphatic rings. The zero-order valence-electron chi connectivity index (χ0n) is 43.7. The number of nitrogens with one attached hydrogen (secondary N) is 2. The second kappa shape index (κ2) is 25.4. The van der Waals surface area contributed by atoms with Gasteiger partial charge in [0.05, 0.1) is 52.1 Å². The van der Waals surface area contributed by atoms with E-state index in [1.807, 2.05) is 40.7 Å². The SMILES string of the molecule is CC1(C)OB(c2ccc(C3(C(=O)Nc4ccc(F)cc4)COC3)cc2F)OC1(C)C.Cc1cc(CO)c(-c2ccc(C3(C(=O)Nc4ccc(F)cc4)COC3)cc2F)cn1.Cc1cc(CO)c(Br)cn1.[2H]C.[3H]P([B])F. The van der Waals surface area contributed by atoms with Crippen LogP contribution >= 0.6 is 24.6 Å². The summed E-state index contributed by atoms with van der Waals surface area (Å²) in [5.74, 6) is -2.50. The molecule has 6 aromatic rings. The normalized spacial score (nSPS) is 16.9. The van der Waals surface area contributed by atoms with Crippen molar-refractivity contribution in [1.82, 2.24) is 9.97 Å². The third-order valence-electron chi connectivity index (χ3n) is 12.9. The summed E-state index contributed by atoms with van der Waals surface area (Å²) in [5, 5.41) is 23.9. The highest BCUT2D eigenvalue weighted by Gasteiger charge is 2.53. The molecule has 0 aliphatic carbocycles. The van der Waals surface area contributed by atoms with Crippen LogP contribution in [0.5, 0.6) is 0 Å². The zero-order valence-corrected chi connectivity index (χ0v) is 44.2. The van der Waals surface area contributed by atoms with Gasteiger partial charge in [0.1, 0.15) is 34.1 Å². The fourth-order valence-electron chi connectivity index (χ4n) is 7.77. The standard InChI is InChI=1S/C23H20F2N2O3.C22H24BF2NO4.C7H8BrNO.CH4.BFHP/c1-14-8-15(11-28)20(10-26-14)19-7-2-16(9-21(19)25)23(12-30-13-23)22(29)27-18-5-3-17(24)4-6-18;1-20(2)21(3,4)30-23(29-20)17-10-5-14(11-18(17)25)22(12-28-13-22)19(27)26-16-8-6-15(24)7-9-16;1-5-2-6(4-10)7(8)3-9-5;;1-3-2/h2-10,28H,11-13H2,1H3,(H,27,29);5-11H,12-13H2,1-4H3,(H,26,27);2-3,10H,4H2,1H3;1H4;3H/i;;;1D;3T. The number of halogens is 6. The largest absolute Gasteiger partial charge is 0.497 e. The van der Waals surface area contributed by atoms with E-state index in [4.69, 9.17) is 26.5 Å². The summed E-state index contributed by atoms with van der Waals surface area (Å²) >= 11 is 3.27. The highest BCUT2D eigenvalue weighted by atomic mass is 79.9. The Balaban J connectivity index is 0.000000219. The van der Waals surface area contributed by atoms with Crippen molar-refractivity contribution in [2.24, 2.45) is 0 Å². The number of aliphatic hydroxyl groups excluding tert-OH is 2. The van der Waals surface area contributed by atoms with Gasteiger partial charge in [0.15, 0.2) is 7.57 Å². The molecule has 390 valence electrons. The van der Waals surface area contributed by atoms with E-state index in [0.717, 1.165) is 21.4 Å². The van der Waals surface area contributed by atoms with Gasteiger partial charge in [0, 0.05) is 66.3 Å². The van der Waals surface area contributed by atoms with Gasteiger partial charge in [0.2, 0.25) is 11.8 Å². The first-order valence-electron chi connectivity index (χ1n) is 24.1. The fourth-order valence-corrected chi connectivity index (χ4v) is 8.11. The highest BCUT2D eigenvalue weighted by Crippen LogP contribution is 2.39. The fraction of sp³-hybridized carbons (Fsp3) is 0.321. The van der Waals surface area contributed by atoms with Gasteiger partial charge in [-0.05, 0) is 153 Å². The molecule has 1 atom stereocenters. The molecule has 74 heavy (non-hydrogen) atoms. The maximum absolute atomic E-state index is 15.1. The average molecular weight is 1110 g/mol. The van der Waals surface area contributed by atoms with Gasteiger partial charge in [-0.2, -0.15) is 0 Å². The van der Waals surface area contributed by atoms with Crippen molar-refractivity contribution in [3.05, 3.63) is 171 Å². The van der Waals surface area contributed by atoms with E-state index in [2.05, 4.69) is 44.1 Å². The summed E-state index contributed by atoms with van der Waals surface area (Å²) in [4.78, 5) is 34.1. The predicted molar refractivity (Wildman–Crippen MR) is 282 cm³/mol. The Labute approximate surface area is 442 Å². The summed E-state index contributed by atoms with van der Waals surface area (Å²) in [7, 11) is 2.23. The first kappa shape index (κ1) is 56.3. The van der Waals surface area contributed by atoms with Crippen LogP contribution in [-0.2, 0) is 52.4 Å².